The first-order valence-corrected chi connectivity index (χ1v) is 8.38. The van der Waals surface area contributed by atoms with Crippen molar-refractivity contribution in [2.45, 2.75) is 25.7 Å². The van der Waals surface area contributed by atoms with Gasteiger partial charge in [-0.25, -0.2) is 0 Å². The van der Waals surface area contributed by atoms with Crippen molar-refractivity contribution in [3.63, 3.8) is 0 Å². The van der Waals surface area contributed by atoms with E-state index in [1.807, 2.05) is 37.3 Å². The summed E-state index contributed by atoms with van der Waals surface area (Å²) < 4.78 is 0. The lowest BCUT2D eigenvalue weighted by Gasteiger charge is -2.28. The van der Waals surface area contributed by atoms with Gasteiger partial charge in [-0.3, -0.25) is 14.8 Å². The van der Waals surface area contributed by atoms with E-state index in [1.165, 1.54) is 4.88 Å². The third-order valence-corrected chi connectivity index (χ3v) is 5.40. The van der Waals surface area contributed by atoms with Crippen LogP contribution in [0.15, 0.2) is 51.8 Å². The summed E-state index contributed by atoms with van der Waals surface area (Å²) in [6, 6.07) is 12.0. The maximum absolute atomic E-state index is 12.7. The molecule has 0 spiro atoms. The number of Topliss-reactive ketones (excluding diaryl/α,β-unsaturated/α-hetero) is 1. The van der Waals surface area contributed by atoms with E-state index >= 15 is 0 Å². The first kappa shape index (κ1) is 13.6. The number of benzene rings is 1. The Morgan fingerprint density at radius 1 is 1.05 bits per heavy atom. The van der Waals surface area contributed by atoms with Crippen molar-refractivity contribution < 1.29 is 4.79 Å². The average molecular weight is 308 g/mol. The van der Waals surface area contributed by atoms with Gasteiger partial charge in [0.25, 0.3) is 0 Å². The van der Waals surface area contributed by atoms with Crippen molar-refractivity contribution in [2.75, 3.05) is 0 Å². The van der Waals surface area contributed by atoms with E-state index in [0.717, 1.165) is 29.2 Å². The number of hydrogen-bond donors (Lipinski definition) is 0. The van der Waals surface area contributed by atoms with Crippen molar-refractivity contribution in [1.82, 2.24) is 0 Å². The number of thiophene rings is 1. The standard InChI is InChI=1S/C18H16N2OS/c1-11-18-15(20-14-6-3-2-5-13(14)19-11)9-12(10-16(18)21)17-7-4-8-22-17/h2-8,12,18H,9-10H2,1H3. The zero-order valence-corrected chi connectivity index (χ0v) is 13.1. The van der Waals surface area contributed by atoms with Gasteiger partial charge in [0, 0.05) is 28.6 Å². The molecule has 2 unspecified atom stereocenters. The highest BCUT2D eigenvalue weighted by Gasteiger charge is 2.37. The second-order valence-corrected chi connectivity index (χ2v) is 6.84. The molecule has 4 heteroatoms. The fraction of sp³-hybridized carbons (Fsp3) is 0.278. The summed E-state index contributed by atoms with van der Waals surface area (Å²) in [5.41, 5.74) is 3.58. The highest BCUT2D eigenvalue weighted by molar-refractivity contribution is 7.10. The molecule has 1 aromatic carbocycles. The maximum atomic E-state index is 12.7. The van der Waals surface area contributed by atoms with E-state index in [1.54, 1.807) is 11.3 Å². The molecule has 0 radical (unpaired) electrons. The van der Waals surface area contributed by atoms with E-state index in [0.29, 0.717) is 6.42 Å². The minimum Gasteiger partial charge on any atom is -0.299 e. The molecule has 1 fully saturated rings. The van der Waals surface area contributed by atoms with Gasteiger partial charge < -0.3 is 0 Å². The molecule has 1 aliphatic carbocycles. The van der Waals surface area contributed by atoms with E-state index in [2.05, 4.69) is 16.4 Å². The van der Waals surface area contributed by atoms with Crippen LogP contribution in [0.5, 0.6) is 0 Å². The lowest BCUT2D eigenvalue weighted by molar-refractivity contribution is -0.120. The van der Waals surface area contributed by atoms with Crippen molar-refractivity contribution >= 4 is 39.9 Å². The number of ketones is 1. The normalized spacial score (nSPS) is 24.0. The first-order chi connectivity index (χ1) is 10.7. The van der Waals surface area contributed by atoms with Gasteiger partial charge >= 0.3 is 0 Å². The summed E-state index contributed by atoms with van der Waals surface area (Å²) in [4.78, 5) is 23.4. The Morgan fingerprint density at radius 3 is 2.55 bits per heavy atom. The molecule has 4 rings (SSSR count). The third-order valence-electron chi connectivity index (χ3n) is 4.36. The molecule has 0 N–H and O–H groups in total. The van der Waals surface area contributed by atoms with Gasteiger partial charge in [0.05, 0.1) is 17.3 Å². The topological polar surface area (TPSA) is 41.8 Å². The molecule has 1 saturated carbocycles. The molecule has 2 heterocycles. The van der Waals surface area contributed by atoms with Gasteiger partial charge in [-0.2, -0.15) is 0 Å². The minimum atomic E-state index is -0.233. The molecule has 2 aromatic rings. The third kappa shape index (κ3) is 2.24. The van der Waals surface area contributed by atoms with Gasteiger partial charge in [0.15, 0.2) is 0 Å². The number of nitrogens with zero attached hydrogens (tertiary/aromatic N) is 2. The summed E-state index contributed by atoms with van der Waals surface area (Å²) in [5.74, 6) is 0.279. The smallest absolute Gasteiger partial charge is 0.147 e. The fourth-order valence-corrected chi connectivity index (χ4v) is 4.19. The molecule has 22 heavy (non-hydrogen) atoms. The van der Waals surface area contributed by atoms with Gasteiger partial charge in [0.1, 0.15) is 5.78 Å². The zero-order valence-electron chi connectivity index (χ0n) is 12.3. The van der Waals surface area contributed by atoms with Crippen LogP contribution in [0.2, 0.25) is 0 Å². The monoisotopic (exact) mass is 308 g/mol. The van der Waals surface area contributed by atoms with E-state index in [4.69, 9.17) is 4.99 Å². The highest BCUT2D eigenvalue weighted by atomic mass is 32.1. The molecule has 3 nitrogen and oxygen atoms in total. The summed E-state index contributed by atoms with van der Waals surface area (Å²) in [5, 5.41) is 2.07. The Hall–Kier alpha value is -2.07. The van der Waals surface area contributed by atoms with Crippen LogP contribution in [0.25, 0.3) is 0 Å². The maximum Gasteiger partial charge on any atom is 0.147 e. The minimum absolute atomic E-state index is 0.233. The molecular weight excluding hydrogens is 292 g/mol. The average Bonchev–Trinajstić information content (AvgIpc) is 2.98. The summed E-state index contributed by atoms with van der Waals surface area (Å²) in [6.07, 6.45) is 1.44. The van der Waals surface area contributed by atoms with E-state index in [-0.39, 0.29) is 17.6 Å². The van der Waals surface area contributed by atoms with E-state index in [9.17, 15) is 4.79 Å². The molecule has 0 amide bonds. The van der Waals surface area contributed by atoms with Crippen LogP contribution in [0.3, 0.4) is 0 Å². The Labute approximate surface area is 133 Å². The highest BCUT2D eigenvalue weighted by Crippen LogP contribution is 2.39. The Balaban J connectivity index is 1.79. The van der Waals surface area contributed by atoms with Crippen LogP contribution in [-0.2, 0) is 4.79 Å². The Morgan fingerprint density at radius 2 is 1.82 bits per heavy atom. The Bertz CT molecular complexity index is 789. The quantitative estimate of drug-likeness (QED) is 0.753. The second kappa shape index (κ2) is 5.29. The second-order valence-electron chi connectivity index (χ2n) is 5.86. The number of carbonyl (C=O) groups is 1. The van der Waals surface area contributed by atoms with Crippen LogP contribution in [0.4, 0.5) is 11.4 Å². The van der Waals surface area contributed by atoms with Gasteiger partial charge in [0.2, 0.25) is 0 Å². The van der Waals surface area contributed by atoms with Crippen LogP contribution in [0.1, 0.15) is 30.6 Å². The molecule has 110 valence electrons. The van der Waals surface area contributed by atoms with Gasteiger partial charge in [-0.1, -0.05) is 18.2 Å². The van der Waals surface area contributed by atoms with Crippen LogP contribution in [-0.4, -0.2) is 17.2 Å². The molecular formula is C18H16N2OS. The van der Waals surface area contributed by atoms with Crippen LogP contribution < -0.4 is 0 Å². The lowest BCUT2D eigenvalue weighted by atomic mass is 9.77. The molecule has 0 saturated heterocycles. The zero-order chi connectivity index (χ0) is 15.1. The van der Waals surface area contributed by atoms with Gasteiger partial charge in [-0.15, -0.1) is 11.3 Å². The number of aliphatic imine (C=N–C) groups is 2. The lowest BCUT2D eigenvalue weighted by Crippen LogP contribution is -2.36. The Kier molecular flexibility index (Phi) is 3.26. The largest absolute Gasteiger partial charge is 0.299 e. The van der Waals surface area contributed by atoms with Crippen molar-refractivity contribution in [1.29, 1.82) is 0 Å². The fourth-order valence-electron chi connectivity index (χ4n) is 3.36. The van der Waals surface area contributed by atoms with Crippen molar-refractivity contribution in [3.8, 4) is 0 Å². The van der Waals surface area contributed by atoms with Crippen LogP contribution >= 0.6 is 11.3 Å². The number of carbonyl (C=O) groups excluding carboxylic acids is 1. The molecule has 1 aromatic heterocycles. The number of fused-ring (bicyclic) bond motifs is 2. The predicted molar refractivity (Wildman–Crippen MR) is 91.1 cm³/mol. The molecule has 2 atom stereocenters. The molecule has 1 aliphatic heterocycles. The van der Waals surface area contributed by atoms with Crippen molar-refractivity contribution in [2.24, 2.45) is 15.9 Å². The summed E-state index contributed by atoms with van der Waals surface area (Å²) >= 11 is 1.73. The van der Waals surface area contributed by atoms with Crippen LogP contribution in [0, 0.1) is 5.92 Å². The predicted octanol–water partition coefficient (Wildman–Crippen LogP) is 4.69. The summed E-state index contributed by atoms with van der Waals surface area (Å²) in [6.45, 7) is 1.95. The van der Waals surface area contributed by atoms with E-state index < -0.39 is 0 Å². The SMILES string of the molecule is CC1=Nc2ccccc2N=C2CC(c3cccs3)CC(=O)C12. The molecule has 2 aliphatic rings. The van der Waals surface area contributed by atoms with Gasteiger partial charge in [-0.05, 0) is 36.9 Å². The first-order valence-electron chi connectivity index (χ1n) is 7.50. The summed E-state index contributed by atoms with van der Waals surface area (Å²) in [7, 11) is 0. The number of rotatable bonds is 1. The number of para-hydroxylation sites is 2. The molecule has 0 bridgehead atoms. The van der Waals surface area contributed by atoms with Crippen molar-refractivity contribution in [3.05, 3.63) is 46.7 Å². The number of hydrogen-bond acceptors (Lipinski definition) is 4.